The molecule has 1 atom stereocenters. The van der Waals surface area contributed by atoms with Crippen molar-refractivity contribution in [3.8, 4) is 0 Å². The number of allylic oxidation sites excluding steroid dienone is 22. The minimum Gasteiger partial charge on any atom is -0.462 e. The van der Waals surface area contributed by atoms with Gasteiger partial charge in [0.15, 0.2) is 6.10 Å². The first kappa shape index (κ1) is 68.6. The number of unbranched alkanes of at least 4 members (excludes halogenated alkanes) is 19. The van der Waals surface area contributed by atoms with E-state index in [0.717, 1.165) is 109 Å². The van der Waals surface area contributed by atoms with Gasteiger partial charge in [0.25, 0.3) is 0 Å². The Balaban J connectivity index is 4.55. The maximum Gasteiger partial charge on any atom is 0.306 e. The van der Waals surface area contributed by atoms with E-state index in [1.165, 1.54) is 96.3 Å². The standard InChI is InChI=1S/C67H108O6/c1-4-7-10-13-16-19-22-25-28-31-33-36-38-41-44-47-50-53-56-59-65(68)71-62-64(73-67(70)61-58-55-52-49-46-43-40-35-30-27-24-21-18-15-12-9-6-3)63-72-66(69)60-57-54-51-48-45-42-39-37-34-32-29-26-23-20-17-14-11-8-5-2/h7,10,16-21,25-30,33,36,40-41,43-44,49,52,64H,4-6,8-9,11-15,22-24,31-32,34-35,37-39,42,45-48,50-51,53-63H2,1-3H3/b10-7-,19-16-,20-17-,21-18-,28-25-,29-26-,30-27-,36-33-,43-40-,44-41-,52-49-/t64-/m1/s1. The summed E-state index contributed by atoms with van der Waals surface area (Å²) in [6.45, 7) is 6.39. The van der Waals surface area contributed by atoms with Crippen LogP contribution in [-0.4, -0.2) is 37.2 Å². The molecule has 0 saturated heterocycles. The fourth-order valence-corrected chi connectivity index (χ4v) is 7.67. The lowest BCUT2D eigenvalue weighted by Crippen LogP contribution is -2.30. The second-order valence-corrected chi connectivity index (χ2v) is 19.2. The molecule has 0 saturated carbocycles. The van der Waals surface area contributed by atoms with Crippen LogP contribution in [0.3, 0.4) is 0 Å². The van der Waals surface area contributed by atoms with Crippen LogP contribution < -0.4 is 0 Å². The molecule has 73 heavy (non-hydrogen) atoms. The Morgan fingerprint density at radius 3 is 0.890 bits per heavy atom. The summed E-state index contributed by atoms with van der Waals surface area (Å²) in [6, 6.07) is 0. The maximum atomic E-state index is 12.9. The van der Waals surface area contributed by atoms with Gasteiger partial charge in [0.05, 0.1) is 0 Å². The van der Waals surface area contributed by atoms with Crippen LogP contribution in [0, 0.1) is 0 Å². The Labute approximate surface area is 449 Å². The van der Waals surface area contributed by atoms with Crippen LogP contribution in [0.15, 0.2) is 134 Å². The van der Waals surface area contributed by atoms with Crippen LogP contribution in [0.1, 0.15) is 252 Å². The van der Waals surface area contributed by atoms with Gasteiger partial charge in [-0.15, -0.1) is 0 Å². The van der Waals surface area contributed by atoms with E-state index in [-0.39, 0.29) is 37.5 Å². The van der Waals surface area contributed by atoms with Gasteiger partial charge in [-0.3, -0.25) is 14.4 Å². The third-order valence-corrected chi connectivity index (χ3v) is 12.1. The molecule has 0 rings (SSSR count). The van der Waals surface area contributed by atoms with Gasteiger partial charge in [0.1, 0.15) is 13.2 Å². The van der Waals surface area contributed by atoms with Crippen molar-refractivity contribution >= 4 is 17.9 Å². The molecule has 0 fully saturated rings. The molecule has 0 radical (unpaired) electrons. The fraction of sp³-hybridized carbons (Fsp3) is 0.627. The van der Waals surface area contributed by atoms with Gasteiger partial charge in [0.2, 0.25) is 0 Å². The summed E-state index contributed by atoms with van der Waals surface area (Å²) in [5.74, 6) is -1.01. The molecule has 0 amide bonds. The van der Waals surface area contributed by atoms with Crippen molar-refractivity contribution in [1.82, 2.24) is 0 Å². The van der Waals surface area contributed by atoms with Crippen molar-refractivity contribution in [3.63, 3.8) is 0 Å². The molecule has 0 aliphatic rings. The lowest BCUT2D eigenvalue weighted by Gasteiger charge is -2.18. The van der Waals surface area contributed by atoms with Gasteiger partial charge in [-0.05, 0) is 135 Å². The summed E-state index contributed by atoms with van der Waals surface area (Å²) in [6.07, 6.45) is 84.4. The number of rotatable bonds is 52. The Bertz CT molecular complexity index is 1580. The Morgan fingerprint density at radius 2 is 0.548 bits per heavy atom. The summed E-state index contributed by atoms with van der Waals surface area (Å²) < 4.78 is 16.8. The average Bonchev–Trinajstić information content (AvgIpc) is 3.39. The van der Waals surface area contributed by atoms with Crippen LogP contribution in [0.5, 0.6) is 0 Å². The molecule has 0 aliphatic carbocycles. The zero-order valence-electron chi connectivity index (χ0n) is 47.1. The molecule has 412 valence electrons. The quantitative estimate of drug-likeness (QED) is 0.0261. The topological polar surface area (TPSA) is 78.9 Å². The third kappa shape index (κ3) is 58.3. The van der Waals surface area contributed by atoms with Crippen molar-refractivity contribution in [1.29, 1.82) is 0 Å². The Kier molecular flexibility index (Phi) is 56.4. The molecule has 0 aromatic carbocycles. The maximum absolute atomic E-state index is 12.9. The molecular weight excluding hydrogens is 901 g/mol. The first-order valence-corrected chi connectivity index (χ1v) is 29.7. The van der Waals surface area contributed by atoms with Crippen LogP contribution in [0.2, 0.25) is 0 Å². The molecule has 0 N–H and O–H groups in total. The number of hydrogen-bond donors (Lipinski definition) is 0. The zero-order valence-corrected chi connectivity index (χ0v) is 47.1. The molecule has 0 heterocycles. The number of carbonyl (C=O) groups excluding carboxylic acids is 3. The molecular formula is C67H108O6. The van der Waals surface area contributed by atoms with Gasteiger partial charge < -0.3 is 14.2 Å². The predicted octanol–water partition coefficient (Wildman–Crippen LogP) is 20.2. The van der Waals surface area contributed by atoms with E-state index >= 15 is 0 Å². The molecule has 0 bridgehead atoms. The molecule has 0 unspecified atom stereocenters. The first-order chi connectivity index (χ1) is 36.0. The highest BCUT2D eigenvalue weighted by Crippen LogP contribution is 2.14. The fourth-order valence-electron chi connectivity index (χ4n) is 7.67. The number of esters is 3. The second-order valence-electron chi connectivity index (χ2n) is 19.2. The van der Waals surface area contributed by atoms with E-state index < -0.39 is 6.10 Å². The van der Waals surface area contributed by atoms with Crippen molar-refractivity contribution in [2.75, 3.05) is 13.2 Å². The number of hydrogen-bond acceptors (Lipinski definition) is 6. The molecule has 0 aliphatic heterocycles. The average molecular weight is 1010 g/mol. The van der Waals surface area contributed by atoms with E-state index in [0.29, 0.717) is 19.3 Å². The normalized spacial score (nSPS) is 13.1. The summed E-state index contributed by atoms with van der Waals surface area (Å²) in [4.78, 5) is 38.2. The molecule has 6 heteroatoms. The van der Waals surface area contributed by atoms with Crippen LogP contribution >= 0.6 is 0 Å². The van der Waals surface area contributed by atoms with Gasteiger partial charge in [-0.25, -0.2) is 0 Å². The molecule has 0 spiro atoms. The highest BCUT2D eigenvalue weighted by molar-refractivity contribution is 5.71. The van der Waals surface area contributed by atoms with Gasteiger partial charge in [0, 0.05) is 19.3 Å². The predicted molar refractivity (Wildman–Crippen MR) is 316 cm³/mol. The molecule has 0 aromatic heterocycles. The van der Waals surface area contributed by atoms with E-state index in [2.05, 4.69) is 154 Å². The summed E-state index contributed by atoms with van der Waals surface area (Å²) >= 11 is 0. The van der Waals surface area contributed by atoms with Gasteiger partial charge in [-0.2, -0.15) is 0 Å². The molecule has 0 aromatic rings. The van der Waals surface area contributed by atoms with Crippen molar-refractivity contribution in [2.45, 2.75) is 258 Å². The van der Waals surface area contributed by atoms with Crippen LogP contribution in [0.25, 0.3) is 0 Å². The second kappa shape index (κ2) is 60.1. The highest BCUT2D eigenvalue weighted by atomic mass is 16.6. The van der Waals surface area contributed by atoms with Crippen molar-refractivity contribution < 1.29 is 28.6 Å². The minimum absolute atomic E-state index is 0.117. The SMILES string of the molecule is CC/C=C\C/C=C\C/C=C\C/C=C\C/C=C\CCCCCC(=O)OC[C@H](COC(=O)CCCCCCCCCCC/C=C\C/C=C\CCCCC)OC(=O)CCC/C=C\C/C=C\C/C=C\C/C=C\CCCCC. The molecule has 6 nitrogen and oxygen atoms in total. The van der Waals surface area contributed by atoms with E-state index in [4.69, 9.17) is 14.2 Å². The lowest BCUT2D eigenvalue weighted by atomic mass is 10.1. The largest absolute Gasteiger partial charge is 0.462 e. The third-order valence-electron chi connectivity index (χ3n) is 12.1. The van der Waals surface area contributed by atoms with Gasteiger partial charge in [-0.1, -0.05) is 231 Å². The minimum atomic E-state index is -0.828. The summed E-state index contributed by atoms with van der Waals surface area (Å²) in [7, 11) is 0. The van der Waals surface area contributed by atoms with E-state index in [1.807, 2.05) is 0 Å². The Hall–Kier alpha value is -4.45. The van der Waals surface area contributed by atoms with E-state index in [9.17, 15) is 14.4 Å². The van der Waals surface area contributed by atoms with Crippen molar-refractivity contribution in [3.05, 3.63) is 134 Å². The smallest absolute Gasteiger partial charge is 0.306 e. The van der Waals surface area contributed by atoms with Crippen molar-refractivity contribution in [2.24, 2.45) is 0 Å². The zero-order chi connectivity index (χ0) is 52.9. The monoisotopic (exact) mass is 1010 g/mol. The number of carbonyl (C=O) groups is 3. The van der Waals surface area contributed by atoms with Crippen LogP contribution in [0.4, 0.5) is 0 Å². The highest BCUT2D eigenvalue weighted by Gasteiger charge is 2.19. The summed E-state index contributed by atoms with van der Waals surface area (Å²) in [5.41, 5.74) is 0. The first-order valence-electron chi connectivity index (χ1n) is 29.7. The van der Waals surface area contributed by atoms with Crippen LogP contribution in [-0.2, 0) is 28.6 Å². The van der Waals surface area contributed by atoms with E-state index in [1.54, 1.807) is 0 Å². The number of ether oxygens (including phenoxy) is 3. The lowest BCUT2D eigenvalue weighted by molar-refractivity contribution is -0.167. The Morgan fingerprint density at radius 1 is 0.288 bits per heavy atom. The van der Waals surface area contributed by atoms with Gasteiger partial charge >= 0.3 is 17.9 Å². The summed E-state index contributed by atoms with van der Waals surface area (Å²) in [5, 5.41) is 0.